The van der Waals surface area contributed by atoms with E-state index in [-0.39, 0.29) is 18.3 Å². The van der Waals surface area contributed by atoms with Gasteiger partial charge in [-0.1, -0.05) is 29.8 Å². The Balaban J connectivity index is 1.21. The van der Waals surface area contributed by atoms with E-state index in [0.29, 0.717) is 30.3 Å². The summed E-state index contributed by atoms with van der Waals surface area (Å²) in [6.07, 6.45) is -0.278. The van der Waals surface area contributed by atoms with Gasteiger partial charge in [-0.3, -0.25) is 9.69 Å². The normalized spacial score (nSPS) is 19.0. The number of esters is 1. The summed E-state index contributed by atoms with van der Waals surface area (Å²) in [6.45, 7) is 4.33. The summed E-state index contributed by atoms with van der Waals surface area (Å²) in [6, 6.07) is 14.6. The first-order valence-corrected chi connectivity index (χ1v) is 10.2. The number of hydrogen-bond donors (Lipinski definition) is 0. The second kappa shape index (κ2) is 8.84. The van der Waals surface area contributed by atoms with Crippen LogP contribution in [-0.4, -0.2) is 61.0 Å². The summed E-state index contributed by atoms with van der Waals surface area (Å²) in [4.78, 5) is 28.7. The molecule has 6 nitrogen and oxygen atoms in total. The third-order valence-corrected chi connectivity index (χ3v) is 5.60. The fourth-order valence-electron chi connectivity index (χ4n) is 3.70. The van der Waals surface area contributed by atoms with Gasteiger partial charge in [0.1, 0.15) is 18.5 Å². The molecule has 2 aliphatic rings. The van der Waals surface area contributed by atoms with Crippen molar-refractivity contribution in [3.8, 4) is 5.75 Å². The largest absolute Gasteiger partial charge is 0.492 e. The Labute approximate surface area is 174 Å². The van der Waals surface area contributed by atoms with E-state index >= 15 is 0 Å². The molecule has 152 valence electrons. The van der Waals surface area contributed by atoms with Crippen molar-refractivity contribution in [3.05, 3.63) is 64.7 Å². The summed E-state index contributed by atoms with van der Waals surface area (Å²) in [5.41, 5.74) is 1.37. The minimum Gasteiger partial charge on any atom is -0.492 e. The van der Waals surface area contributed by atoms with E-state index in [1.807, 2.05) is 29.2 Å². The number of rotatable bonds is 6. The molecule has 1 amide bonds. The summed E-state index contributed by atoms with van der Waals surface area (Å²) < 4.78 is 11.1. The maximum Gasteiger partial charge on any atom is 0.339 e. The van der Waals surface area contributed by atoms with Crippen molar-refractivity contribution in [3.63, 3.8) is 0 Å². The Morgan fingerprint density at radius 2 is 1.79 bits per heavy atom. The summed E-state index contributed by atoms with van der Waals surface area (Å²) in [5, 5.41) is 0.689. The van der Waals surface area contributed by atoms with Crippen LogP contribution in [0, 0.1) is 0 Å². The minimum absolute atomic E-state index is 0.0246. The van der Waals surface area contributed by atoms with Crippen molar-refractivity contribution in [1.82, 2.24) is 9.80 Å². The molecule has 0 spiro atoms. The van der Waals surface area contributed by atoms with Crippen LogP contribution in [0.2, 0.25) is 5.02 Å². The molecule has 2 aromatic carbocycles. The predicted octanol–water partition coefficient (Wildman–Crippen LogP) is 3.16. The highest BCUT2D eigenvalue weighted by Gasteiger charge is 2.33. The Morgan fingerprint density at radius 1 is 1.07 bits per heavy atom. The maximum atomic E-state index is 12.7. The Hall–Kier alpha value is -2.57. The third kappa shape index (κ3) is 4.71. The van der Waals surface area contributed by atoms with Crippen LogP contribution in [0.5, 0.6) is 5.75 Å². The molecule has 0 radical (unpaired) electrons. The molecule has 2 aliphatic heterocycles. The highest BCUT2D eigenvalue weighted by atomic mass is 35.5. The molecule has 29 heavy (non-hydrogen) atoms. The second-order valence-corrected chi connectivity index (χ2v) is 7.65. The molecule has 1 fully saturated rings. The van der Waals surface area contributed by atoms with E-state index in [0.717, 1.165) is 30.9 Å². The van der Waals surface area contributed by atoms with E-state index in [1.54, 1.807) is 24.3 Å². The number of carbonyl (C=O) groups is 2. The van der Waals surface area contributed by atoms with Gasteiger partial charge in [-0.25, -0.2) is 4.79 Å². The quantitative estimate of drug-likeness (QED) is 0.679. The zero-order valence-corrected chi connectivity index (χ0v) is 16.8. The second-order valence-electron chi connectivity index (χ2n) is 7.21. The average Bonchev–Trinajstić information content (AvgIpc) is 3.06. The van der Waals surface area contributed by atoms with Crippen LogP contribution in [0.15, 0.2) is 48.5 Å². The van der Waals surface area contributed by atoms with Crippen molar-refractivity contribution in [2.75, 3.05) is 39.3 Å². The van der Waals surface area contributed by atoms with Crippen molar-refractivity contribution < 1.29 is 19.1 Å². The molecule has 0 saturated carbocycles. The molecule has 0 aliphatic carbocycles. The zero-order chi connectivity index (χ0) is 20.2. The maximum absolute atomic E-state index is 12.7. The number of piperazine rings is 1. The van der Waals surface area contributed by atoms with Crippen LogP contribution in [0.4, 0.5) is 0 Å². The van der Waals surface area contributed by atoms with Crippen molar-refractivity contribution in [2.45, 2.75) is 12.5 Å². The number of nitrogens with zero attached hydrogens (tertiary/aromatic N) is 2. The van der Waals surface area contributed by atoms with Gasteiger partial charge in [-0.05, 0) is 30.3 Å². The Morgan fingerprint density at radius 3 is 2.55 bits per heavy atom. The van der Waals surface area contributed by atoms with Gasteiger partial charge in [0.05, 0.1) is 12.0 Å². The van der Waals surface area contributed by atoms with Crippen LogP contribution in [-0.2, 0) is 9.53 Å². The van der Waals surface area contributed by atoms with E-state index in [2.05, 4.69) is 4.90 Å². The average molecular weight is 415 g/mol. The van der Waals surface area contributed by atoms with Gasteiger partial charge in [0.15, 0.2) is 0 Å². The summed E-state index contributed by atoms with van der Waals surface area (Å²) in [7, 11) is 0. The molecule has 1 saturated heterocycles. The van der Waals surface area contributed by atoms with Crippen LogP contribution in [0.25, 0.3) is 0 Å². The number of benzene rings is 2. The van der Waals surface area contributed by atoms with Gasteiger partial charge in [0.25, 0.3) is 0 Å². The molecular formula is C22H23ClN2O4. The smallest absolute Gasteiger partial charge is 0.339 e. The monoisotopic (exact) mass is 414 g/mol. The number of amides is 1. The SMILES string of the molecule is O=C1O[C@@H](CC(=O)N2CCN(CCOc3ccc(Cl)cc3)CC2)c2ccccc21. The molecule has 2 aromatic rings. The number of fused-ring (bicyclic) bond motifs is 1. The first-order valence-electron chi connectivity index (χ1n) is 9.78. The Kier molecular flexibility index (Phi) is 6.02. The minimum atomic E-state index is -0.475. The van der Waals surface area contributed by atoms with Crippen molar-refractivity contribution in [1.29, 1.82) is 0 Å². The van der Waals surface area contributed by atoms with Crippen LogP contribution in [0.1, 0.15) is 28.4 Å². The van der Waals surface area contributed by atoms with E-state index in [4.69, 9.17) is 21.1 Å². The number of carbonyl (C=O) groups excluding carboxylic acids is 2. The molecule has 4 rings (SSSR count). The molecule has 0 aromatic heterocycles. The van der Waals surface area contributed by atoms with Gasteiger partial charge in [-0.2, -0.15) is 0 Å². The van der Waals surface area contributed by atoms with E-state index in [9.17, 15) is 9.59 Å². The first kappa shape index (κ1) is 19.7. The molecular weight excluding hydrogens is 392 g/mol. The fourth-order valence-corrected chi connectivity index (χ4v) is 3.83. The first-order chi connectivity index (χ1) is 14.1. The standard InChI is InChI=1S/C22H23ClN2O4/c23-16-5-7-17(8-6-16)28-14-13-24-9-11-25(12-10-24)21(26)15-20-18-3-1-2-4-19(18)22(27)29-20/h1-8,20H,9-15H2/t20-/m0/s1. The summed E-state index contributed by atoms with van der Waals surface area (Å²) >= 11 is 5.87. The zero-order valence-electron chi connectivity index (χ0n) is 16.1. The highest BCUT2D eigenvalue weighted by Crippen LogP contribution is 2.33. The van der Waals surface area contributed by atoms with Crippen LogP contribution >= 0.6 is 11.6 Å². The Bertz CT molecular complexity index is 879. The van der Waals surface area contributed by atoms with Crippen molar-refractivity contribution in [2.24, 2.45) is 0 Å². The number of ether oxygens (including phenoxy) is 2. The number of hydrogen-bond acceptors (Lipinski definition) is 5. The lowest BCUT2D eigenvalue weighted by Gasteiger charge is -2.35. The van der Waals surface area contributed by atoms with Gasteiger partial charge < -0.3 is 14.4 Å². The molecule has 0 N–H and O–H groups in total. The van der Waals surface area contributed by atoms with Crippen LogP contribution in [0.3, 0.4) is 0 Å². The fraction of sp³-hybridized carbons (Fsp3) is 0.364. The molecule has 0 bridgehead atoms. The van der Waals surface area contributed by atoms with E-state index in [1.165, 1.54) is 0 Å². The number of halogens is 1. The third-order valence-electron chi connectivity index (χ3n) is 5.35. The molecule has 1 atom stereocenters. The topological polar surface area (TPSA) is 59.1 Å². The van der Waals surface area contributed by atoms with Gasteiger partial charge in [0, 0.05) is 43.3 Å². The lowest BCUT2D eigenvalue weighted by molar-refractivity contribution is -0.135. The lowest BCUT2D eigenvalue weighted by Crippen LogP contribution is -2.49. The predicted molar refractivity (Wildman–Crippen MR) is 109 cm³/mol. The van der Waals surface area contributed by atoms with Gasteiger partial charge >= 0.3 is 5.97 Å². The molecule has 2 heterocycles. The lowest BCUT2D eigenvalue weighted by atomic mass is 10.0. The van der Waals surface area contributed by atoms with Gasteiger partial charge in [-0.15, -0.1) is 0 Å². The summed E-state index contributed by atoms with van der Waals surface area (Å²) in [5.74, 6) is 0.482. The van der Waals surface area contributed by atoms with Crippen molar-refractivity contribution >= 4 is 23.5 Å². The van der Waals surface area contributed by atoms with Gasteiger partial charge in [0.2, 0.25) is 5.91 Å². The molecule has 0 unspecified atom stereocenters. The van der Waals surface area contributed by atoms with Crippen LogP contribution < -0.4 is 4.74 Å². The number of cyclic esters (lactones) is 1. The van der Waals surface area contributed by atoms with E-state index < -0.39 is 6.10 Å². The highest BCUT2D eigenvalue weighted by molar-refractivity contribution is 6.30. The molecule has 7 heteroatoms.